The Hall–Kier alpha value is -1.80. The van der Waals surface area contributed by atoms with Gasteiger partial charge in [-0.25, -0.2) is 8.78 Å². The first-order valence-electron chi connectivity index (χ1n) is 9.64. The van der Waals surface area contributed by atoms with Crippen molar-refractivity contribution in [2.24, 2.45) is 0 Å². The Morgan fingerprint density at radius 3 is 2.21 bits per heavy atom. The maximum Gasteiger partial charge on any atom is 0.234 e. The number of imide groups is 1. The van der Waals surface area contributed by atoms with E-state index >= 15 is 0 Å². The van der Waals surface area contributed by atoms with Crippen LogP contribution in [0.4, 0.5) is 14.5 Å². The van der Waals surface area contributed by atoms with Crippen LogP contribution in [0.5, 0.6) is 0 Å². The van der Waals surface area contributed by atoms with Gasteiger partial charge < -0.3 is 9.33 Å². The second-order valence-electron chi connectivity index (χ2n) is 9.23. The quantitative estimate of drug-likeness (QED) is 0.607. The Kier molecular flexibility index (Phi) is 5.40. The number of piperidine rings is 1. The minimum absolute atomic E-state index is 0.0572. The third-order valence-electron chi connectivity index (χ3n) is 6.13. The lowest BCUT2D eigenvalue weighted by molar-refractivity contribution is -0.134. The van der Waals surface area contributed by atoms with E-state index in [1.54, 1.807) is 0 Å². The van der Waals surface area contributed by atoms with Crippen LogP contribution in [0.25, 0.3) is 0 Å². The Morgan fingerprint density at radius 2 is 1.71 bits per heavy atom. The standard InChI is InChI=1S/C20H28F2N2O3Si/c1-20(2,3)28(4,5)27-13-10-24(11-13)12-8-15(21)18(16(22)9-12)14-6-7-17(25)23-19(14)26/h8-9,13-14H,6-7,10-11H2,1-5H3,(H,23,25,26)/t14-/m1/s1. The van der Waals surface area contributed by atoms with E-state index in [0.29, 0.717) is 18.8 Å². The second-order valence-corrected chi connectivity index (χ2v) is 14.0. The van der Waals surface area contributed by atoms with Gasteiger partial charge in [-0.3, -0.25) is 14.9 Å². The first-order valence-corrected chi connectivity index (χ1v) is 12.6. The SMILES string of the molecule is CC(C)(C)[Si](C)(C)OC1CN(c2cc(F)c([C@H]3CCC(=O)NC3=O)c(F)c2)C1. The van der Waals surface area contributed by atoms with E-state index in [1.807, 2.05) is 4.90 Å². The average Bonchev–Trinajstić information content (AvgIpc) is 2.50. The number of hydrogen-bond donors (Lipinski definition) is 1. The summed E-state index contributed by atoms with van der Waals surface area (Å²) in [7, 11) is -1.88. The van der Waals surface area contributed by atoms with Crippen molar-refractivity contribution in [2.45, 2.75) is 63.8 Å². The fourth-order valence-corrected chi connectivity index (χ4v) is 4.71. The summed E-state index contributed by atoms with van der Waals surface area (Å²) in [5, 5.41) is 2.25. The lowest BCUT2D eigenvalue weighted by Crippen LogP contribution is -2.58. The van der Waals surface area contributed by atoms with E-state index in [4.69, 9.17) is 4.43 Å². The van der Waals surface area contributed by atoms with Gasteiger partial charge >= 0.3 is 0 Å². The maximum absolute atomic E-state index is 14.7. The predicted octanol–water partition coefficient (Wildman–Crippen LogP) is 3.70. The zero-order chi connectivity index (χ0) is 20.9. The van der Waals surface area contributed by atoms with Gasteiger partial charge in [0.2, 0.25) is 11.8 Å². The number of nitrogens with zero attached hydrogens (tertiary/aromatic N) is 1. The van der Waals surface area contributed by atoms with Gasteiger partial charge in [0, 0.05) is 30.8 Å². The van der Waals surface area contributed by atoms with Crippen molar-refractivity contribution in [1.82, 2.24) is 5.32 Å². The summed E-state index contributed by atoms with van der Waals surface area (Å²) in [5.41, 5.74) is 0.185. The second kappa shape index (κ2) is 7.22. The lowest BCUT2D eigenvalue weighted by Gasteiger charge is -2.47. The fraction of sp³-hybridized carbons (Fsp3) is 0.600. The van der Waals surface area contributed by atoms with Crippen molar-refractivity contribution in [2.75, 3.05) is 18.0 Å². The maximum atomic E-state index is 14.7. The summed E-state index contributed by atoms with van der Waals surface area (Å²) in [6.45, 7) is 12.1. The van der Waals surface area contributed by atoms with Gasteiger partial charge in [0.15, 0.2) is 8.32 Å². The van der Waals surface area contributed by atoms with Crippen LogP contribution in [-0.4, -0.2) is 39.3 Å². The fourth-order valence-electron chi connectivity index (χ4n) is 3.37. The van der Waals surface area contributed by atoms with Crippen molar-refractivity contribution in [3.05, 3.63) is 29.3 Å². The smallest absolute Gasteiger partial charge is 0.234 e. The molecule has 2 heterocycles. The van der Waals surface area contributed by atoms with Crippen molar-refractivity contribution in [3.63, 3.8) is 0 Å². The minimum atomic E-state index is -1.88. The van der Waals surface area contributed by atoms with E-state index in [-0.39, 0.29) is 29.5 Å². The van der Waals surface area contributed by atoms with E-state index in [9.17, 15) is 18.4 Å². The first-order chi connectivity index (χ1) is 12.9. The molecule has 1 N–H and O–H groups in total. The molecule has 0 saturated carbocycles. The van der Waals surface area contributed by atoms with Crippen LogP contribution >= 0.6 is 0 Å². The normalized spacial score (nSPS) is 21.5. The van der Waals surface area contributed by atoms with E-state index < -0.39 is 37.7 Å². The molecule has 1 aromatic rings. The van der Waals surface area contributed by atoms with Crippen molar-refractivity contribution in [3.8, 4) is 0 Å². The van der Waals surface area contributed by atoms with E-state index in [0.717, 1.165) is 0 Å². The van der Waals surface area contributed by atoms with Gasteiger partial charge in [0.05, 0.1) is 12.0 Å². The monoisotopic (exact) mass is 410 g/mol. The molecule has 2 aliphatic rings. The molecule has 2 saturated heterocycles. The molecule has 0 aliphatic carbocycles. The van der Waals surface area contributed by atoms with Crippen LogP contribution < -0.4 is 10.2 Å². The molecule has 0 aromatic heterocycles. The first kappa shape index (κ1) is 20.9. The van der Waals surface area contributed by atoms with Crippen LogP contribution in [0.3, 0.4) is 0 Å². The summed E-state index contributed by atoms with van der Waals surface area (Å²) < 4.78 is 35.6. The van der Waals surface area contributed by atoms with Crippen LogP contribution in [0.1, 0.15) is 45.1 Å². The van der Waals surface area contributed by atoms with Gasteiger partial charge in [0.25, 0.3) is 0 Å². The van der Waals surface area contributed by atoms with Gasteiger partial charge in [-0.15, -0.1) is 0 Å². The molecule has 2 fully saturated rings. The van der Waals surface area contributed by atoms with E-state index in [2.05, 4.69) is 39.2 Å². The number of carbonyl (C=O) groups excluding carboxylic acids is 2. The molecular weight excluding hydrogens is 382 g/mol. The number of hydrogen-bond acceptors (Lipinski definition) is 4. The highest BCUT2D eigenvalue weighted by Gasteiger charge is 2.42. The summed E-state index contributed by atoms with van der Waals surface area (Å²) in [6.07, 6.45) is 0.251. The molecule has 0 spiro atoms. The molecule has 1 aromatic carbocycles. The summed E-state index contributed by atoms with van der Waals surface area (Å²) >= 11 is 0. The molecule has 154 valence electrons. The molecule has 1 atom stereocenters. The number of amides is 2. The zero-order valence-corrected chi connectivity index (χ0v) is 18.1. The molecule has 28 heavy (non-hydrogen) atoms. The highest BCUT2D eigenvalue weighted by molar-refractivity contribution is 6.74. The number of halogens is 2. The largest absolute Gasteiger partial charge is 0.410 e. The van der Waals surface area contributed by atoms with Crippen molar-refractivity contribution >= 4 is 25.8 Å². The van der Waals surface area contributed by atoms with Crippen LogP contribution in [0.15, 0.2) is 12.1 Å². The molecule has 8 heteroatoms. The van der Waals surface area contributed by atoms with Crippen molar-refractivity contribution < 1.29 is 22.8 Å². The van der Waals surface area contributed by atoms with Gasteiger partial charge in [-0.1, -0.05) is 20.8 Å². The lowest BCUT2D eigenvalue weighted by atomic mass is 9.89. The number of benzene rings is 1. The van der Waals surface area contributed by atoms with Gasteiger partial charge in [-0.05, 0) is 36.7 Å². The number of carbonyl (C=O) groups is 2. The number of nitrogens with one attached hydrogen (secondary N) is 1. The Balaban J connectivity index is 1.69. The molecular formula is C20H28F2N2O3Si. The van der Waals surface area contributed by atoms with Crippen LogP contribution in [0, 0.1) is 11.6 Å². The van der Waals surface area contributed by atoms with E-state index in [1.165, 1.54) is 12.1 Å². The van der Waals surface area contributed by atoms with Gasteiger partial charge in [0.1, 0.15) is 11.6 Å². The highest BCUT2D eigenvalue weighted by Crippen LogP contribution is 2.39. The molecule has 2 aliphatic heterocycles. The summed E-state index contributed by atoms with van der Waals surface area (Å²) in [6, 6.07) is 2.54. The Bertz CT molecular complexity index is 778. The molecule has 5 nitrogen and oxygen atoms in total. The highest BCUT2D eigenvalue weighted by atomic mass is 28.4. The molecule has 0 unspecified atom stereocenters. The summed E-state index contributed by atoms with van der Waals surface area (Å²) in [5.74, 6) is -3.53. The number of rotatable bonds is 4. The summed E-state index contributed by atoms with van der Waals surface area (Å²) in [4.78, 5) is 25.1. The molecule has 2 amide bonds. The number of anilines is 1. The topological polar surface area (TPSA) is 58.6 Å². The zero-order valence-electron chi connectivity index (χ0n) is 17.1. The molecule has 3 rings (SSSR count). The third kappa shape index (κ3) is 3.98. The van der Waals surface area contributed by atoms with Crippen LogP contribution in [-0.2, 0) is 14.0 Å². The molecule has 0 bridgehead atoms. The van der Waals surface area contributed by atoms with Gasteiger partial charge in [-0.2, -0.15) is 0 Å². The average molecular weight is 411 g/mol. The minimum Gasteiger partial charge on any atom is -0.410 e. The Labute approximate surface area is 165 Å². The predicted molar refractivity (Wildman–Crippen MR) is 106 cm³/mol. The third-order valence-corrected chi connectivity index (χ3v) is 10.7. The van der Waals surface area contributed by atoms with Crippen molar-refractivity contribution in [1.29, 1.82) is 0 Å². The Morgan fingerprint density at radius 1 is 1.14 bits per heavy atom. The molecule has 0 radical (unpaired) electrons. The van der Waals surface area contributed by atoms with Crippen LogP contribution in [0.2, 0.25) is 18.1 Å².